The molecule has 2 aromatic carbocycles. The molecule has 0 spiro atoms. The van der Waals surface area contributed by atoms with Gasteiger partial charge in [0.05, 0.1) is 10.2 Å². The van der Waals surface area contributed by atoms with Gasteiger partial charge in [-0.3, -0.25) is 10.1 Å². The summed E-state index contributed by atoms with van der Waals surface area (Å²) >= 11 is 1.39. The number of aromatic nitrogens is 1. The first kappa shape index (κ1) is 12.4. The smallest absolute Gasteiger partial charge is 0.257 e. The number of thiazole rings is 1. The van der Waals surface area contributed by atoms with E-state index in [9.17, 15) is 4.79 Å². The van der Waals surface area contributed by atoms with Gasteiger partial charge in [-0.1, -0.05) is 11.3 Å². The van der Waals surface area contributed by atoms with Crippen LogP contribution >= 0.6 is 11.3 Å². The van der Waals surface area contributed by atoms with Gasteiger partial charge in [0.25, 0.3) is 5.91 Å². The number of nitrogens with zero attached hydrogens (tertiary/aromatic N) is 1. The molecule has 0 radical (unpaired) electrons. The second-order valence-electron chi connectivity index (χ2n) is 4.32. The molecular formula is C14H12N4OS. The maximum atomic E-state index is 12.1. The second-order valence-corrected chi connectivity index (χ2v) is 5.35. The lowest BCUT2D eigenvalue weighted by Crippen LogP contribution is -2.11. The highest BCUT2D eigenvalue weighted by Crippen LogP contribution is 2.27. The number of benzene rings is 2. The second kappa shape index (κ2) is 4.82. The van der Waals surface area contributed by atoms with E-state index < -0.39 is 0 Å². The van der Waals surface area contributed by atoms with Crippen molar-refractivity contribution in [3.8, 4) is 0 Å². The summed E-state index contributed by atoms with van der Waals surface area (Å²) in [6.07, 6.45) is 0. The third kappa shape index (κ3) is 2.41. The van der Waals surface area contributed by atoms with Crippen LogP contribution in [0.15, 0.2) is 42.5 Å². The molecule has 0 aliphatic carbocycles. The van der Waals surface area contributed by atoms with Crippen molar-refractivity contribution in [1.82, 2.24) is 4.98 Å². The van der Waals surface area contributed by atoms with Gasteiger partial charge < -0.3 is 11.5 Å². The third-order valence-electron chi connectivity index (χ3n) is 2.81. The summed E-state index contributed by atoms with van der Waals surface area (Å²) in [5.74, 6) is -0.211. The summed E-state index contributed by atoms with van der Waals surface area (Å²) in [5.41, 5.74) is 14.0. The maximum Gasteiger partial charge on any atom is 0.257 e. The predicted octanol–water partition coefficient (Wildman–Crippen LogP) is 2.71. The first-order valence-electron chi connectivity index (χ1n) is 5.95. The Labute approximate surface area is 119 Å². The summed E-state index contributed by atoms with van der Waals surface area (Å²) in [5, 5.41) is 3.32. The number of carbonyl (C=O) groups is 1. The average Bonchev–Trinajstić information content (AvgIpc) is 2.80. The van der Waals surface area contributed by atoms with Gasteiger partial charge in [0.1, 0.15) is 0 Å². The van der Waals surface area contributed by atoms with Gasteiger partial charge in [0.2, 0.25) is 0 Å². The zero-order valence-electron chi connectivity index (χ0n) is 10.5. The number of anilines is 3. The van der Waals surface area contributed by atoms with Gasteiger partial charge >= 0.3 is 0 Å². The minimum Gasteiger partial charge on any atom is -0.399 e. The molecule has 0 saturated carbocycles. The Hall–Kier alpha value is -2.60. The summed E-state index contributed by atoms with van der Waals surface area (Å²) in [4.78, 5) is 16.4. The zero-order chi connectivity index (χ0) is 14.1. The van der Waals surface area contributed by atoms with E-state index in [4.69, 9.17) is 11.5 Å². The van der Waals surface area contributed by atoms with Crippen LogP contribution < -0.4 is 16.8 Å². The number of amides is 1. The number of carbonyl (C=O) groups excluding carboxylic acids is 1. The van der Waals surface area contributed by atoms with E-state index in [0.29, 0.717) is 22.1 Å². The van der Waals surface area contributed by atoms with Gasteiger partial charge in [0, 0.05) is 16.9 Å². The highest BCUT2D eigenvalue weighted by atomic mass is 32.1. The first-order chi connectivity index (χ1) is 9.61. The number of rotatable bonds is 2. The van der Waals surface area contributed by atoms with Crippen molar-refractivity contribution >= 4 is 44.0 Å². The van der Waals surface area contributed by atoms with Crippen LogP contribution in [0.25, 0.3) is 10.2 Å². The van der Waals surface area contributed by atoms with Gasteiger partial charge in [-0.2, -0.15) is 0 Å². The Morgan fingerprint density at radius 2 is 1.75 bits per heavy atom. The molecule has 0 atom stereocenters. The van der Waals surface area contributed by atoms with Crippen molar-refractivity contribution in [2.45, 2.75) is 0 Å². The van der Waals surface area contributed by atoms with Crippen LogP contribution in [0.4, 0.5) is 16.5 Å². The molecular weight excluding hydrogens is 272 g/mol. The number of nitrogens with one attached hydrogen (secondary N) is 1. The molecule has 0 aliphatic rings. The Bertz CT molecular complexity index is 779. The highest BCUT2D eigenvalue weighted by molar-refractivity contribution is 7.22. The summed E-state index contributed by atoms with van der Waals surface area (Å²) in [7, 11) is 0. The number of nitrogen functional groups attached to an aromatic ring is 2. The molecule has 5 N–H and O–H groups in total. The number of hydrogen-bond donors (Lipinski definition) is 3. The van der Waals surface area contributed by atoms with Crippen molar-refractivity contribution in [2.24, 2.45) is 0 Å². The van der Waals surface area contributed by atoms with Crippen LogP contribution in [0, 0.1) is 0 Å². The van der Waals surface area contributed by atoms with Gasteiger partial charge in [-0.05, 0) is 42.5 Å². The topological polar surface area (TPSA) is 94.0 Å². The molecule has 0 saturated heterocycles. The van der Waals surface area contributed by atoms with E-state index in [1.165, 1.54) is 11.3 Å². The van der Waals surface area contributed by atoms with Crippen LogP contribution in [0.2, 0.25) is 0 Å². The minimum atomic E-state index is -0.211. The molecule has 1 aromatic heterocycles. The normalized spacial score (nSPS) is 10.6. The van der Waals surface area contributed by atoms with Crippen LogP contribution in [0.5, 0.6) is 0 Å². The standard InChI is InChI=1S/C14H12N4OS/c15-9-3-1-8(2-4-9)13(19)18-14-17-11-6-5-10(16)7-12(11)20-14/h1-7H,15-16H2,(H,17,18,19). The molecule has 5 nitrogen and oxygen atoms in total. The molecule has 20 heavy (non-hydrogen) atoms. The van der Waals surface area contributed by atoms with Crippen molar-refractivity contribution in [2.75, 3.05) is 16.8 Å². The third-order valence-corrected chi connectivity index (χ3v) is 3.74. The number of hydrogen-bond acceptors (Lipinski definition) is 5. The Kier molecular flexibility index (Phi) is 3.00. The van der Waals surface area contributed by atoms with Crippen LogP contribution in [-0.2, 0) is 0 Å². The van der Waals surface area contributed by atoms with Gasteiger partial charge in [0.15, 0.2) is 5.13 Å². The van der Waals surface area contributed by atoms with E-state index >= 15 is 0 Å². The molecule has 0 unspecified atom stereocenters. The SMILES string of the molecule is Nc1ccc(C(=O)Nc2nc3ccc(N)cc3s2)cc1. The monoisotopic (exact) mass is 284 g/mol. The Balaban J connectivity index is 1.85. The lowest BCUT2D eigenvalue weighted by Gasteiger charge is -2.01. The summed E-state index contributed by atoms with van der Waals surface area (Å²) in [6, 6.07) is 12.2. The summed E-state index contributed by atoms with van der Waals surface area (Å²) < 4.78 is 0.942. The van der Waals surface area contributed by atoms with E-state index in [2.05, 4.69) is 10.3 Å². The van der Waals surface area contributed by atoms with Crippen molar-refractivity contribution in [1.29, 1.82) is 0 Å². The molecule has 0 bridgehead atoms. The van der Waals surface area contributed by atoms with E-state index in [0.717, 1.165) is 10.2 Å². The van der Waals surface area contributed by atoms with Crippen LogP contribution in [-0.4, -0.2) is 10.9 Å². The highest BCUT2D eigenvalue weighted by Gasteiger charge is 2.09. The van der Waals surface area contributed by atoms with E-state index in [1.807, 2.05) is 12.1 Å². The average molecular weight is 284 g/mol. The quantitative estimate of drug-likeness (QED) is 0.631. The fourth-order valence-corrected chi connectivity index (χ4v) is 2.71. The van der Waals surface area contributed by atoms with Crippen LogP contribution in [0.1, 0.15) is 10.4 Å². The van der Waals surface area contributed by atoms with Crippen molar-refractivity contribution < 1.29 is 4.79 Å². The number of nitrogens with two attached hydrogens (primary N) is 2. The van der Waals surface area contributed by atoms with E-state index in [1.54, 1.807) is 30.3 Å². The van der Waals surface area contributed by atoms with Gasteiger partial charge in [-0.25, -0.2) is 4.98 Å². The molecule has 0 fully saturated rings. The summed E-state index contributed by atoms with van der Waals surface area (Å²) in [6.45, 7) is 0. The molecule has 3 rings (SSSR count). The molecule has 6 heteroatoms. The lowest BCUT2D eigenvalue weighted by atomic mass is 10.2. The van der Waals surface area contributed by atoms with Crippen LogP contribution in [0.3, 0.4) is 0 Å². The fraction of sp³-hybridized carbons (Fsp3) is 0. The van der Waals surface area contributed by atoms with Crippen molar-refractivity contribution in [3.63, 3.8) is 0 Å². The zero-order valence-corrected chi connectivity index (χ0v) is 11.3. The first-order valence-corrected chi connectivity index (χ1v) is 6.76. The Morgan fingerprint density at radius 3 is 2.50 bits per heavy atom. The molecule has 1 heterocycles. The largest absolute Gasteiger partial charge is 0.399 e. The molecule has 1 amide bonds. The minimum absolute atomic E-state index is 0.211. The van der Waals surface area contributed by atoms with Crippen molar-refractivity contribution in [3.05, 3.63) is 48.0 Å². The Morgan fingerprint density at radius 1 is 1.05 bits per heavy atom. The number of fused-ring (bicyclic) bond motifs is 1. The molecule has 100 valence electrons. The van der Waals surface area contributed by atoms with Gasteiger partial charge in [-0.15, -0.1) is 0 Å². The predicted molar refractivity (Wildman–Crippen MR) is 82.8 cm³/mol. The lowest BCUT2D eigenvalue weighted by molar-refractivity contribution is 0.102. The fourth-order valence-electron chi connectivity index (χ4n) is 1.80. The maximum absolute atomic E-state index is 12.1. The van der Waals surface area contributed by atoms with E-state index in [-0.39, 0.29) is 5.91 Å². The molecule has 3 aromatic rings. The molecule has 0 aliphatic heterocycles.